The molecule has 0 bridgehead atoms. The molecule has 7 heteroatoms. The molecule has 0 aromatic heterocycles. The number of nitrogens with two attached hydrogens (primary N) is 1. The zero-order valence-electron chi connectivity index (χ0n) is 6.87. The number of hydrazine groups is 1. The average molecular weight is 194 g/mol. The molecule has 0 aromatic carbocycles. The van der Waals surface area contributed by atoms with Crippen LogP contribution in [0.4, 0.5) is 0 Å². The molecule has 78 valence electrons. The molecule has 0 spiro atoms. The van der Waals surface area contributed by atoms with Gasteiger partial charge in [0, 0.05) is 0 Å². The van der Waals surface area contributed by atoms with Crippen LogP contribution < -0.4 is 11.3 Å². The SMILES string of the molecule is NNC1C(O)O[C@H](CO)[C@@H](O)[C@@H]1O. The van der Waals surface area contributed by atoms with Crippen LogP contribution in [0.1, 0.15) is 0 Å². The normalized spacial score (nSPS) is 46.4. The minimum absolute atomic E-state index is 0.480. The van der Waals surface area contributed by atoms with Crippen molar-refractivity contribution in [1.29, 1.82) is 0 Å². The summed E-state index contributed by atoms with van der Waals surface area (Å²) < 4.78 is 4.77. The molecule has 13 heavy (non-hydrogen) atoms. The third-order valence-electron chi connectivity index (χ3n) is 2.09. The van der Waals surface area contributed by atoms with Crippen LogP contribution in [-0.2, 0) is 4.74 Å². The van der Waals surface area contributed by atoms with Crippen molar-refractivity contribution in [3.05, 3.63) is 0 Å². The third-order valence-corrected chi connectivity index (χ3v) is 2.09. The maximum Gasteiger partial charge on any atom is 0.174 e. The van der Waals surface area contributed by atoms with E-state index in [0.717, 1.165) is 0 Å². The van der Waals surface area contributed by atoms with Gasteiger partial charge in [-0.25, -0.2) is 5.43 Å². The molecule has 0 aromatic rings. The number of nitrogens with one attached hydrogen (secondary N) is 1. The Hall–Kier alpha value is -0.280. The van der Waals surface area contributed by atoms with E-state index in [1.165, 1.54) is 0 Å². The van der Waals surface area contributed by atoms with E-state index in [-0.39, 0.29) is 0 Å². The van der Waals surface area contributed by atoms with Crippen LogP contribution in [0.25, 0.3) is 0 Å². The molecule has 1 saturated heterocycles. The molecule has 1 aliphatic rings. The van der Waals surface area contributed by atoms with Crippen molar-refractivity contribution in [2.75, 3.05) is 6.61 Å². The number of aliphatic hydroxyl groups is 4. The minimum Gasteiger partial charge on any atom is -0.394 e. The Morgan fingerprint density at radius 2 is 1.85 bits per heavy atom. The van der Waals surface area contributed by atoms with Crippen LogP contribution in [-0.4, -0.2) is 57.7 Å². The first-order valence-electron chi connectivity index (χ1n) is 3.88. The molecule has 0 amide bonds. The van der Waals surface area contributed by atoms with Crippen molar-refractivity contribution in [3.8, 4) is 0 Å². The van der Waals surface area contributed by atoms with Gasteiger partial charge in [-0.2, -0.15) is 0 Å². The van der Waals surface area contributed by atoms with Gasteiger partial charge in [0.1, 0.15) is 24.4 Å². The number of hydrogen-bond donors (Lipinski definition) is 6. The van der Waals surface area contributed by atoms with Crippen LogP contribution in [0.3, 0.4) is 0 Å². The second-order valence-corrected chi connectivity index (χ2v) is 2.92. The number of hydrogen-bond acceptors (Lipinski definition) is 7. The van der Waals surface area contributed by atoms with Gasteiger partial charge in [0.05, 0.1) is 6.61 Å². The summed E-state index contributed by atoms with van der Waals surface area (Å²) in [5, 5.41) is 36.6. The third kappa shape index (κ3) is 1.97. The molecule has 1 aliphatic heterocycles. The first-order chi connectivity index (χ1) is 6.11. The van der Waals surface area contributed by atoms with E-state index in [2.05, 4.69) is 5.43 Å². The summed E-state index contributed by atoms with van der Waals surface area (Å²) in [5.74, 6) is 5.01. The number of aliphatic hydroxyl groups excluding tert-OH is 4. The van der Waals surface area contributed by atoms with E-state index in [1.54, 1.807) is 0 Å². The Bertz CT molecular complexity index is 169. The molecule has 1 rings (SSSR count). The second-order valence-electron chi connectivity index (χ2n) is 2.92. The van der Waals surface area contributed by atoms with Crippen LogP contribution in [0, 0.1) is 0 Å². The Morgan fingerprint density at radius 3 is 2.31 bits per heavy atom. The maximum absolute atomic E-state index is 9.37. The highest BCUT2D eigenvalue weighted by atomic mass is 16.6. The van der Waals surface area contributed by atoms with Gasteiger partial charge in [-0.3, -0.25) is 5.84 Å². The van der Waals surface area contributed by atoms with Crippen molar-refractivity contribution >= 4 is 0 Å². The highest BCUT2D eigenvalue weighted by molar-refractivity contribution is 4.91. The first kappa shape index (κ1) is 10.8. The summed E-state index contributed by atoms with van der Waals surface area (Å²) in [6.45, 7) is -0.480. The lowest BCUT2D eigenvalue weighted by molar-refractivity contribution is -0.254. The molecule has 1 fully saturated rings. The fraction of sp³-hybridized carbons (Fsp3) is 1.00. The van der Waals surface area contributed by atoms with Crippen molar-refractivity contribution in [2.45, 2.75) is 30.6 Å². The molecule has 0 aliphatic carbocycles. The Morgan fingerprint density at radius 1 is 1.23 bits per heavy atom. The molecule has 5 atom stereocenters. The number of rotatable bonds is 2. The molecular weight excluding hydrogens is 180 g/mol. The van der Waals surface area contributed by atoms with Crippen molar-refractivity contribution in [1.82, 2.24) is 5.43 Å². The van der Waals surface area contributed by atoms with Crippen LogP contribution in [0.15, 0.2) is 0 Å². The van der Waals surface area contributed by atoms with Crippen molar-refractivity contribution in [2.24, 2.45) is 5.84 Å². The van der Waals surface area contributed by atoms with Gasteiger partial charge in [-0.1, -0.05) is 0 Å². The average Bonchev–Trinajstić information content (AvgIpc) is 2.12. The van der Waals surface area contributed by atoms with Gasteiger partial charge in [-0.15, -0.1) is 0 Å². The lowest BCUT2D eigenvalue weighted by atomic mass is 9.98. The predicted molar refractivity (Wildman–Crippen MR) is 41.1 cm³/mol. The quantitative estimate of drug-likeness (QED) is 0.197. The topological polar surface area (TPSA) is 128 Å². The van der Waals surface area contributed by atoms with Gasteiger partial charge in [0.15, 0.2) is 6.29 Å². The van der Waals surface area contributed by atoms with Crippen molar-refractivity contribution < 1.29 is 25.2 Å². The van der Waals surface area contributed by atoms with E-state index >= 15 is 0 Å². The van der Waals surface area contributed by atoms with E-state index in [0.29, 0.717) is 0 Å². The van der Waals surface area contributed by atoms with Gasteiger partial charge in [0.2, 0.25) is 0 Å². The monoisotopic (exact) mass is 194 g/mol. The first-order valence-corrected chi connectivity index (χ1v) is 3.88. The summed E-state index contributed by atoms with van der Waals surface area (Å²) in [6.07, 6.45) is -4.88. The molecule has 2 unspecified atom stereocenters. The van der Waals surface area contributed by atoms with E-state index in [1.807, 2.05) is 0 Å². The molecule has 7 N–H and O–H groups in total. The Kier molecular flexibility index (Phi) is 3.56. The standard InChI is InChI=1S/C6H14N2O5/c7-8-3-5(11)4(10)2(1-9)13-6(3)12/h2-6,8-12H,1,7H2/t2-,3?,4-,5-,6?/m1/s1. The molecule has 7 nitrogen and oxygen atoms in total. The fourth-order valence-corrected chi connectivity index (χ4v) is 1.28. The smallest absolute Gasteiger partial charge is 0.174 e. The zero-order chi connectivity index (χ0) is 10.0. The molecule has 0 saturated carbocycles. The van der Waals surface area contributed by atoms with E-state index in [4.69, 9.17) is 15.7 Å². The summed E-state index contributed by atoms with van der Waals surface area (Å²) >= 11 is 0. The highest BCUT2D eigenvalue weighted by Gasteiger charge is 2.42. The zero-order valence-corrected chi connectivity index (χ0v) is 6.87. The van der Waals surface area contributed by atoms with Crippen molar-refractivity contribution in [3.63, 3.8) is 0 Å². The lowest BCUT2D eigenvalue weighted by Crippen LogP contribution is -2.64. The Labute approximate surface area is 74.7 Å². The van der Waals surface area contributed by atoms with Gasteiger partial charge in [0.25, 0.3) is 0 Å². The summed E-state index contributed by atoms with van der Waals surface area (Å²) in [7, 11) is 0. The molecular formula is C6H14N2O5. The summed E-state index contributed by atoms with van der Waals surface area (Å²) in [4.78, 5) is 0. The predicted octanol–water partition coefficient (Wildman–Crippen LogP) is -3.75. The molecule has 0 radical (unpaired) electrons. The van der Waals surface area contributed by atoms with Gasteiger partial charge in [-0.05, 0) is 0 Å². The highest BCUT2D eigenvalue weighted by Crippen LogP contribution is 2.18. The van der Waals surface area contributed by atoms with Gasteiger partial charge >= 0.3 is 0 Å². The second kappa shape index (κ2) is 4.29. The van der Waals surface area contributed by atoms with Crippen LogP contribution >= 0.6 is 0 Å². The summed E-state index contributed by atoms with van der Waals surface area (Å²) in [5.41, 5.74) is 2.11. The van der Waals surface area contributed by atoms with Gasteiger partial charge < -0.3 is 25.2 Å². The van der Waals surface area contributed by atoms with Crippen LogP contribution in [0.2, 0.25) is 0 Å². The summed E-state index contributed by atoms with van der Waals surface area (Å²) in [6, 6.07) is -0.960. The minimum atomic E-state index is -1.35. The number of ether oxygens (including phenoxy) is 1. The largest absolute Gasteiger partial charge is 0.394 e. The molecule has 1 heterocycles. The van der Waals surface area contributed by atoms with E-state index < -0.39 is 37.3 Å². The van der Waals surface area contributed by atoms with Crippen LogP contribution in [0.5, 0.6) is 0 Å². The Balaban J connectivity index is 2.66. The maximum atomic E-state index is 9.37. The lowest BCUT2D eigenvalue weighted by Gasteiger charge is -2.39. The fourth-order valence-electron chi connectivity index (χ4n) is 1.28. The van der Waals surface area contributed by atoms with E-state index in [9.17, 15) is 15.3 Å².